The van der Waals surface area contributed by atoms with Gasteiger partial charge in [-0.25, -0.2) is 0 Å². The third kappa shape index (κ3) is 1.89. The van der Waals surface area contributed by atoms with Crippen molar-refractivity contribution in [3.63, 3.8) is 0 Å². The second-order valence-corrected chi connectivity index (χ2v) is 4.35. The van der Waals surface area contributed by atoms with Gasteiger partial charge in [0.25, 0.3) is 0 Å². The summed E-state index contributed by atoms with van der Waals surface area (Å²) in [4.78, 5) is 4.23. The van der Waals surface area contributed by atoms with Gasteiger partial charge in [0, 0.05) is 5.92 Å². The molecule has 2 nitrogen and oxygen atoms in total. The Morgan fingerprint density at radius 3 is 2.87 bits per heavy atom. The molecule has 2 atom stereocenters. The van der Waals surface area contributed by atoms with Gasteiger partial charge < -0.3 is 5.32 Å². The van der Waals surface area contributed by atoms with Gasteiger partial charge in [-0.3, -0.25) is 4.99 Å². The summed E-state index contributed by atoms with van der Waals surface area (Å²) in [6, 6.07) is 7.01. The predicted molar refractivity (Wildman–Crippen MR) is 64.6 cm³/mol. The molecule has 0 spiro atoms. The van der Waals surface area contributed by atoms with Crippen molar-refractivity contribution >= 4 is 6.34 Å². The van der Waals surface area contributed by atoms with E-state index in [0.29, 0.717) is 12.0 Å². The van der Waals surface area contributed by atoms with Gasteiger partial charge in [-0.05, 0) is 30.5 Å². The number of hydrogen-bond acceptors (Lipinski definition) is 2. The summed E-state index contributed by atoms with van der Waals surface area (Å²) in [6.07, 6.45) is 1.83. The molecule has 15 heavy (non-hydrogen) atoms. The number of nitrogens with zero attached hydrogens (tertiary/aromatic N) is 1. The highest BCUT2D eigenvalue weighted by molar-refractivity contribution is 5.58. The zero-order valence-electron chi connectivity index (χ0n) is 9.62. The van der Waals surface area contributed by atoms with Crippen LogP contribution >= 0.6 is 0 Å². The van der Waals surface area contributed by atoms with Crippen LogP contribution in [0.15, 0.2) is 23.2 Å². The van der Waals surface area contributed by atoms with Gasteiger partial charge in [0.2, 0.25) is 0 Å². The second-order valence-electron chi connectivity index (χ2n) is 4.35. The van der Waals surface area contributed by atoms with E-state index >= 15 is 0 Å². The SMILES string of the molecule is Cc1cccc([C@@H](C)C2CN=CN2)c1C. The molecule has 0 radical (unpaired) electrons. The van der Waals surface area contributed by atoms with Gasteiger partial charge in [0.1, 0.15) is 0 Å². The number of aliphatic imine (C=N–C) groups is 1. The maximum absolute atomic E-state index is 4.23. The van der Waals surface area contributed by atoms with Gasteiger partial charge in [-0.2, -0.15) is 0 Å². The van der Waals surface area contributed by atoms with Gasteiger partial charge in [0.05, 0.1) is 18.9 Å². The minimum absolute atomic E-state index is 0.463. The Morgan fingerprint density at radius 1 is 1.40 bits per heavy atom. The molecule has 1 aromatic carbocycles. The van der Waals surface area contributed by atoms with Crippen molar-refractivity contribution in [1.82, 2.24) is 5.32 Å². The molecule has 1 heterocycles. The van der Waals surface area contributed by atoms with E-state index in [1.165, 1.54) is 16.7 Å². The summed E-state index contributed by atoms with van der Waals surface area (Å²) in [5.41, 5.74) is 4.23. The zero-order valence-corrected chi connectivity index (χ0v) is 9.62. The lowest BCUT2D eigenvalue weighted by molar-refractivity contribution is 0.555. The largest absolute Gasteiger partial charge is 0.371 e. The predicted octanol–water partition coefficient (Wildman–Crippen LogP) is 2.41. The number of hydrogen-bond donors (Lipinski definition) is 1. The van der Waals surface area contributed by atoms with Crippen molar-refractivity contribution in [3.8, 4) is 0 Å². The Hall–Kier alpha value is -1.31. The summed E-state index contributed by atoms with van der Waals surface area (Å²) >= 11 is 0. The van der Waals surface area contributed by atoms with Crippen molar-refractivity contribution < 1.29 is 0 Å². The van der Waals surface area contributed by atoms with E-state index < -0.39 is 0 Å². The lowest BCUT2D eigenvalue weighted by atomic mass is 9.88. The summed E-state index contributed by atoms with van der Waals surface area (Å²) in [7, 11) is 0. The Morgan fingerprint density at radius 2 is 2.20 bits per heavy atom. The zero-order chi connectivity index (χ0) is 10.8. The first-order chi connectivity index (χ1) is 7.20. The van der Waals surface area contributed by atoms with Crippen LogP contribution in [-0.2, 0) is 0 Å². The van der Waals surface area contributed by atoms with Crippen LogP contribution in [0, 0.1) is 13.8 Å². The first-order valence-corrected chi connectivity index (χ1v) is 5.50. The number of aryl methyl sites for hydroxylation is 1. The van der Waals surface area contributed by atoms with E-state index in [0.717, 1.165) is 6.54 Å². The third-order valence-electron chi connectivity index (χ3n) is 3.42. The summed E-state index contributed by atoms with van der Waals surface area (Å²) in [6.45, 7) is 7.55. The van der Waals surface area contributed by atoms with Crippen molar-refractivity contribution in [2.45, 2.75) is 32.7 Å². The van der Waals surface area contributed by atoms with E-state index in [1.54, 1.807) is 0 Å². The van der Waals surface area contributed by atoms with E-state index in [4.69, 9.17) is 0 Å². The maximum Gasteiger partial charge on any atom is 0.0827 e. The average molecular weight is 202 g/mol. The normalized spacial score (nSPS) is 21.4. The van der Waals surface area contributed by atoms with E-state index in [9.17, 15) is 0 Å². The topological polar surface area (TPSA) is 24.4 Å². The smallest absolute Gasteiger partial charge is 0.0827 e. The summed E-state index contributed by atoms with van der Waals surface area (Å²) < 4.78 is 0. The van der Waals surface area contributed by atoms with Crippen LogP contribution in [0.4, 0.5) is 0 Å². The molecule has 0 bridgehead atoms. The number of rotatable bonds is 2. The molecule has 1 unspecified atom stereocenters. The lowest BCUT2D eigenvalue weighted by Gasteiger charge is -2.22. The fraction of sp³-hybridized carbons (Fsp3) is 0.462. The van der Waals surface area contributed by atoms with Gasteiger partial charge in [-0.1, -0.05) is 25.1 Å². The van der Waals surface area contributed by atoms with E-state index in [-0.39, 0.29) is 0 Å². The first-order valence-electron chi connectivity index (χ1n) is 5.50. The molecule has 2 rings (SSSR count). The Labute approximate surface area is 91.4 Å². The van der Waals surface area contributed by atoms with Crippen LogP contribution in [0.5, 0.6) is 0 Å². The monoisotopic (exact) mass is 202 g/mol. The number of benzene rings is 1. The first kappa shape index (κ1) is 10.2. The van der Waals surface area contributed by atoms with E-state index in [2.05, 4.69) is 49.3 Å². The molecule has 0 saturated heterocycles. The lowest BCUT2D eigenvalue weighted by Crippen LogP contribution is -2.30. The summed E-state index contributed by atoms with van der Waals surface area (Å²) in [5.74, 6) is 0.521. The number of nitrogens with one attached hydrogen (secondary N) is 1. The highest BCUT2D eigenvalue weighted by atomic mass is 15.1. The molecular weight excluding hydrogens is 184 g/mol. The maximum atomic E-state index is 4.23. The van der Waals surface area contributed by atoms with Crippen molar-refractivity contribution in [2.24, 2.45) is 4.99 Å². The minimum atomic E-state index is 0.463. The second kappa shape index (κ2) is 4.05. The molecule has 0 saturated carbocycles. The molecule has 1 aromatic rings. The van der Waals surface area contributed by atoms with Crippen LogP contribution in [-0.4, -0.2) is 18.9 Å². The fourth-order valence-corrected chi connectivity index (χ4v) is 2.15. The van der Waals surface area contributed by atoms with Crippen molar-refractivity contribution in [2.75, 3.05) is 6.54 Å². The van der Waals surface area contributed by atoms with Crippen LogP contribution < -0.4 is 5.32 Å². The molecule has 0 amide bonds. The fourth-order valence-electron chi connectivity index (χ4n) is 2.15. The third-order valence-corrected chi connectivity index (χ3v) is 3.42. The summed E-state index contributed by atoms with van der Waals surface area (Å²) in [5, 5.41) is 3.31. The molecule has 1 aliphatic heterocycles. The molecule has 2 heteroatoms. The molecular formula is C13H18N2. The van der Waals surface area contributed by atoms with Gasteiger partial charge >= 0.3 is 0 Å². The van der Waals surface area contributed by atoms with Crippen LogP contribution in [0.3, 0.4) is 0 Å². The molecule has 80 valence electrons. The van der Waals surface area contributed by atoms with Crippen LogP contribution in [0.25, 0.3) is 0 Å². The quantitative estimate of drug-likeness (QED) is 0.782. The molecule has 1 N–H and O–H groups in total. The minimum Gasteiger partial charge on any atom is -0.371 e. The highest BCUT2D eigenvalue weighted by Gasteiger charge is 2.21. The average Bonchev–Trinajstić information content (AvgIpc) is 2.74. The molecule has 0 aromatic heterocycles. The van der Waals surface area contributed by atoms with Crippen molar-refractivity contribution in [3.05, 3.63) is 34.9 Å². The highest BCUT2D eigenvalue weighted by Crippen LogP contribution is 2.25. The Bertz CT molecular complexity index is 374. The van der Waals surface area contributed by atoms with Crippen LogP contribution in [0.1, 0.15) is 29.5 Å². The van der Waals surface area contributed by atoms with Crippen molar-refractivity contribution in [1.29, 1.82) is 0 Å². The van der Waals surface area contributed by atoms with Gasteiger partial charge in [-0.15, -0.1) is 0 Å². The van der Waals surface area contributed by atoms with E-state index in [1.807, 2.05) is 6.34 Å². The van der Waals surface area contributed by atoms with Gasteiger partial charge in [0.15, 0.2) is 0 Å². The molecule has 1 aliphatic rings. The molecule has 0 aliphatic carbocycles. The van der Waals surface area contributed by atoms with Crippen LogP contribution in [0.2, 0.25) is 0 Å². The Kier molecular flexibility index (Phi) is 2.76. The standard InChI is InChI=1S/C13H18N2/c1-9-5-4-6-12(10(9)2)11(3)13-7-14-8-15-13/h4-6,8,11,13H,7H2,1-3H3,(H,14,15)/t11-,13?/m1/s1. The molecule has 0 fully saturated rings. The Balaban J connectivity index is 2.25.